The number of hydrogen-bond acceptors (Lipinski definition) is 4. The Kier molecular flexibility index (Phi) is 3.45. The van der Waals surface area contributed by atoms with Crippen LogP contribution in [0.5, 0.6) is 5.88 Å². The van der Waals surface area contributed by atoms with E-state index in [4.69, 9.17) is 4.74 Å². The van der Waals surface area contributed by atoms with Crippen molar-refractivity contribution in [2.24, 2.45) is 0 Å². The van der Waals surface area contributed by atoms with Gasteiger partial charge in [-0.3, -0.25) is 0 Å². The molecule has 0 fully saturated rings. The molecule has 0 aromatic carbocycles. The van der Waals surface area contributed by atoms with Crippen molar-refractivity contribution in [1.29, 1.82) is 0 Å². The molecule has 0 aliphatic carbocycles. The number of methoxy groups -OCH3 is 1. The van der Waals surface area contributed by atoms with Gasteiger partial charge in [0.1, 0.15) is 11.6 Å². The zero-order valence-electron chi connectivity index (χ0n) is 8.74. The van der Waals surface area contributed by atoms with E-state index < -0.39 is 0 Å². The van der Waals surface area contributed by atoms with Gasteiger partial charge in [-0.1, -0.05) is 6.08 Å². The SMILES string of the molecule is C=CC(C)Nc1cc(OC)nc(C)n1. The Morgan fingerprint density at radius 2 is 2.29 bits per heavy atom. The molecule has 1 unspecified atom stereocenters. The van der Waals surface area contributed by atoms with Crippen molar-refractivity contribution >= 4 is 5.82 Å². The number of nitrogens with one attached hydrogen (secondary N) is 1. The van der Waals surface area contributed by atoms with Gasteiger partial charge in [0.05, 0.1) is 7.11 Å². The lowest BCUT2D eigenvalue weighted by Crippen LogP contribution is -2.13. The molecule has 1 N–H and O–H groups in total. The molecule has 0 radical (unpaired) electrons. The van der Waals surface area contributed by atoms with Gasteiger partial charge < -0.3 is 10.1 Å². The van der Waals surface area contributed by atoms with Gasteiger partial charge in [0.25, 0.3) is 0 Å². The number of anilines is 1. The van der Waals surface area contributed by atoms with E-state index in [2.05, 4.69) is 21.9 Å². The lowest BCUT2D eigenvalue weighted by Gasteiger charge is -2.10. The highest BCUT2D eigenvalue weighted by molar-refractivity contribution is 5.39. The minimum absolute atomic E-state index is 0.175. The fraction of sp³-hybridized carbons (Fsp3) is 0.400. The van der Waals surface area contributed by atoms with Gasteiger partial charge >= 0.3 is 0 Å². The van der Waals surface area contributed by atoms with Crippen molar-refractivity contribution in [1.82, 2.24) is 9.97 Å². The lowest BCUT2D eigenvalue weighted by molar-refractivity contribution is 0.396. The maximum absolute atomic E-state index is 5.03. The van der Waals surface area contributed by atoms with Gasteiger partial charge in [-0.15, -0.1) is 6.58 Å². The third kappa shape index (κ3) is 2.73. The first-order chi connectivity index (χ1) is 6.65. The second-order valence-corrected chi connectivity index (χ2v) is 3.01. The van der Waals surface area contributed by atoms with Crippen LogP contribution in [0.1, 0.15) is 12.7 Å². The minimum Gasteiger partial charge on any atom is -0.481 e. The molecule has 76 valence electrons. The topological polar surface area (TPSA) is 47.0 Å². The molecule has 1 aromatic heterocycles. The summed E-state index contributed by atoms with van der Waals surface area (Å²) in [6.45, 7) is 7.51. The summed E-state index contributed by atoms with van der Waals surface area (Å²) in [5.74, 6) is 2.00. The van der Waals surface area contributed by atoms with E-state index in [1.807, 2.05) is 19.9 Å². The predicted octanol–water partition coefficient (Wildman–Crippen LogP) is 1.78. The summed E-state index contributed by atoms with van der Waals surface area (Å²) in [6, 6.07) is 1.93. The highest BCUT2D eigenvalue weighted by atomic mass is 16.5. The van der Waals surface area contributed by atoms with Crippen LogP contribution in [-0.2, 0) is 0 Å². The van der Waals surface area contributed by atoms with E-state index in [0.29, 0.717) is 11.7 Å². The molecule has 1 rings (SSSR count). The second kappa shape index (κ2) is 4.60. The minimum atomic E-state index is 0.175. The van der Waals surface area contributed by atoms with Crippen LogP contribution in [0.15, 0.2) is 18.7 Å². The molecule has 0 spiro atoms. The maximum atomic E-state index is 5.03. The molecule has 0 aliphatic heterocycles. The lowest BCUT2D eigenvalue weighted by atomic mass is 10.3. The largest absolute Gasteiger partial charge is 0.481 e. The Labute approximate surface area is 84.0 Å². The summed E-state index contributed by atoms with van der Waals surface area (Å²) in [7, 11) is 1.59. The summed E-state index contributed by atoms with van der Waals surface area (Å²) in [5, 5.41) is 3.16. The number of aryl methyl sites for hydroxylation is 1. The van der Waals surface area contributed by atoms with Crippen LogP contribution in [0.2, 0.25) is 0 Å². The first kappa shape index (κ1) is 10.5. The zero-order valence-corrected chi connectivity index (χ0v) is 8.74. The van der Waals surface area contributed by atoms with Crippen LogP contribution in [0.25, 0.3) is 0 Å². The summed E-state index contributed by atoms with van der Waals surface area (Å²) in [5.41, 5.74) is 0. The van der Waals surface area contributed by atoms with Crippen LogP contribution in [0.4, 0.5) is 5.82 Å². The van der Waals surface area contributed by atoms with Crippen molar-refractivity contribution in [2.45, 2.75) is 19.9 Å². The van der Waals surface area contributed by atoms with E-state index in [1.165, 1.54) is 0 Å². The standard InChI is InChI=1S/C10H15N3O/c1-5-7(2)11-9-6-10(14-4)13-8(3)12-9/h5-7H,1H2,2-4H3,(H,11,12,13). The average molecular weight is 193 g/mol. The van der Waals surface area contributed by atoms with Crippen LogP contribution in [0.3, 0.4) is 0 Å². The Balaban J connectivity index is 2.86. The Morgan fingerprint density at radius 1 is 1.57 bits per heavy atom. The smallest absolute Gasteiger partial charge is 0.218 e. The normalized spacial score (nSPS) is 11.9. The van der Waals surface area contributed by atoms with Crippen LogP contribution in [0, 0.1) is 6.92 Å². The number of nitrogens with zero attached hydrogens (tertiary/aromatic N) is 2. The molecule has 0 saturated heterocycles. The van der Waals surface area contributed by atoms with Gasteiger partial charge in [-0.05, 0) is 13.8 Å². The molecule has 1 atom stereocenters. The molecule has 4 heteroatoms. The van der Waals surface area contributed by atoms with Crippen LogP contribution in [-0.4, -0.2) is 23.1 Å². The first-order valence-electron chi connectivity index (χ1n) is 4.44. The molecular weight excluding hydrogens is 178 g/mol. The summed E-state index contributed by atoms with van der Waals surface area (Å²) >= 11 is 0. The van der Waals surface area contributed by atoms with Gasteiger partial charge in [-0.25, -0.2) is 4.98 Å². The highest BCUT2D eigenvalue weighted by Gasteiger charge is 2.02. The van der Waals surface area contributed by atoms with E-state index >= 15 is 0 Å². The Hall–Kier alpha value is -1.58. The van der Waals surface area contributed by atoms with Gasteiger partial charge in [-0.2, -0.15) is 4.98 Å². The molecule has 1 aromatic rings. The average Bonchev–Trinajstić information content (AvgIpc) is 2.16. The Morgan fingerprint density at radius 3 is 2.86 bits per heavy atom. The fourth-order valence-electron chi connectivity index (χ4n) is 1.01. The van der Waals surface area contributed by atoms with Crippen molar-refractivity contribution in [3.05, 3.63) is 24.5 Å². The van der Waals surface area contributed by atoms with E-state index in [0.717, 1.165) is 5.82 Å². The molecule has 4 nitrogen and oxygen atoms in total. The van der Waals surface area contributed by atoms with Gasteiger partial charge in [0.15, 0.2) is 0 Å². The summed E-state index contributed by atoms with van der Waals surface area (Å²) in [4.78, 5) is 8.31. The number of ether oxygens (including phenoxy) is 1. The predicted molar refractivity (Wildman–Crippen MR) is 56.6 cm³/mol. The number of hydrogen-bond donors (Lipinski definition) is 1. The van der Waals surface area contributed by atoms with Crippen LogP contribution >= 0.6 is 0 Å². The van der Waals surface area contributed by atoms with E-state index in [-0.39, 0.29) is 6.04 Å². The molecule has 0 bridgehead atoms. The molecule has 1 heterocycles. The van der Waals surface area contributed by atoms with Crippen molar-refractivity contribution in [3.8, 4) is 5.88 Å². The number of rotatable bonds is 4. The van der Waals surface area contributed by atoms with Gasteiger partial charge in [0, 0.05) is 12.1 Å². The number of aromatic nitrogens is 2. The Bertz CT molecular complexity index is 325. The molecular formula is C10H15N3O. The van der Waals surface area contributed by atoms with Crippen LogP contribution < -0.4 is 10.1 Å². The van der Waals surface area contributed by atoms with E-state index in [1.54, 1.807) is 13.2 Å². The summed E-state index contributed by atoms with van der Waals surface area (Å²) in [6.07, 6.45) is 1.81. The molecule has 0 saturated carbocycles. The third-order valence-electron chi connectivity index (χ3n) is 1.75. The monoisotopic (exact) mass is 193 g/mol. The maximum Gasteiger partial charge on any atom is 0.218 e. The second-order valence-electron chi connectivity index (χ2n) is 3.01. The highest BCUT2D eigenvalue weighted by Crippen LogP contribution is 2.13. The molecule has 0 aliphatic rings. The quantitative estimate of drug-likeness (QED) is 0.740. The van der Waals surface area contributed by atoms with Crippen molar-refractivity contribution in [3.63, 3.8) is 0 Å². The fourth-order valence-corrected chi connectivity index (χ4v) is 1.01. The molecule has 0 amide bonds. The van der Waals surface area contributed by atoms with Gasteiger partial charge in [0.2, 0.25) is 5.88 Å². The van der Waals surface area contributed by atoms with E-state index in [9.17, 15) is 0 Å². The van der Waals surface area contributed by atoms with Crippen molar-refractivity contribution < 1.29 is 4.74 Å². The first-order valence-corrected chi connectivity index (χ1v) is 4.44. The molecule has 14 heavy (non-hydrogen) atoms. The zero-order chi connectivity index (χ0) is 10.6. The third-order valence-corrected chi connectivity index (χ3v) is 1.75. The van der Waals surface area contributed by atoms with Crippen molar-refractivity contribution in [2.75, 3.05) is 12.4 Å². The summed E-state index contributed by atoms with van der Waals surface area (Å²) < 4.78 is 5.03.